The van der Waals surface area contributed by atoms with Crippen LogP contribution in [0.15, 0.2) is 27.6 Å². The molecule has 6 nitrogen and oxygen atoms in total. The summed E-state index contributed by atoms with van der Waals surface area (Å²) in [7, 11) is 0. The van der Waals surface area contributed by atoms with Gasteiger partial charge in [0.25, 0.3) is 0 Å². The predicted molar refractivity (Wildman–Crippen MR) is 134 cm³/mol. The Bertz CT molecular complexity index is 1010. The first kappa shape index (κ1) is 23.6. The molecule has 2 amide bonds. The molecule has 4 saturated carbocycles. The van der Waals surface area contributed by atoms with Crippen LogP contribution in [-0.2, 0) is 0 Å². The summed E-state index contributed by atoms with van der Waals surface area (Å²) >= 11 is 0. The summed E-state index contributed by atoms with van der Waals surface area (Å²) < 4.78 is 5.22. The SMILES string of the molecule is CC12CCC(NC(=O)N3CCCC3)CC1CCC1C2CCC2(C)C(c3ccc(=O)oc3)CCC12O. The van der Waals surface area contributed by atoms with Crippen LogP contribution in [0.1, 0.15) is 96.0 Å². The first-order chi connectivity index (χ1) is 16.7. The van der Waals surface area contributed by atoms with Gasteiger partial charge in [-0.2, -0.15) is 0 Å². The number of likely N-dealkylation sites (tertiary alicyclic amines) is 1. The highest BCUT2D eigenvalue weighted by Gasteiger charge is 2.67. The van der Waals surface area contributed by atoms with E-state index in [1.165, 1.54) is 6.07 Å². The van der Waals surface area contributed by atoms with Crippen molar-refractivity contribution >= 4 is 6.03 Å². The number of urea groups is 1. The Labute approximate surface area is 208 Å². The highest BCUT2D eigenvalue weighted by Crippen LogP contribution is 2.70. The van der Waals surface area contributed by atoms with Crippen molar-refractivity contribution in [3.63, 3.8) is 0 Å². The summed E-state index contributed by atoms with van der Waals surface area (Å²) in [6, 6.07) is 3.87. The number of rotatable bonds is 2. The zero-order valence-electron chi connectivity index (χ0n) is 21.4. The van der Waals surface area contributed by atoms with E-state index in [2.05, 4.69) is 19.2 Å². The maximum Gasteiger partial charge on any atom is 0.335 e. The van der Waals surface area contributed by atoms with Gasteiger partial charge in [-0.3, -0.25) is 0 Å². The molecule has 35 heavy (non-hydrogen) atoms. The van der Waals surface area contributed by atoms with Gasteiger partial charge in [-0.15, -0.1) is 0 Å². The minimum atomic E-state index is -0.661. The summed E-state index contributed by atoms with van der Waals surface area (Å²) in [6.07, 6.45) is 13.4. The Morgan fingerprint density at radius 2 is 1.83 bits per heavy atom. The molecule has 5 fully saturated rings. The molecule has 0 aromatic carbocycles. The van der Waals surface area contributed by atoms with Crippen molar-refractivity contribution in [1.29, 1.82) is 0 Å². The first-order valence-corrected chi connectivity index (χ1v) is 14.1. The molecule has 1 aliphatic heterocycles. The number of aliphatic hydroxyl groups is 1. The third kappa shape index (κ3) is 3.53. The fraction of sp³-hybridized carbons (Fsp3) is 0.793. The zero-order valence-corrected chi connectivity index (χ0v) is 21.4. The zero-order chi connectivity index (χ0) is 24.4. The third-order valence-electron chi connectivity index (χ3n) is 11.7. The molecule has 0 radical (unpaired) electrons. The van der Waals surface area contributed by atoms with Crippen molar-refractivity contribution in [2.75, 3.05) is 13.1 Å². The van der Waals surface area contributed by atoms with Crippen LogP contribution in [0.4, 0.5) is 4.79 Å². The number of hydrogen-bond donors (Lipinski definition) is 2. The van der Waals surface area contributed by atoms with Crippen LogP contribution in [-0.4, -0.2) is 40.8 Å². The number of amides is 2. The van der Waals surface area contributed by atoms with Gasteiger partial charge in [0.05, 0.1) is 11.9 Å². The van der Waals surface area contributed by atoms with Crippen LogP contribution in [0.25, 0.3) is 0 Å². The maximum atomic E-state index is 12.7. The predicted octanol–water partition coefficient (Wildman–Crippen LogP) is 5.06. The summed E-state index contributed by atoms with van der Waals surface area (Å²) in [4.78, 5) is 26.2. The fourth-order valence-electron chi connectivity index (χ4n) is 9.64. The molecular formula is C29H42N2O4. The Balaban J connectivity index is 1.19. The van der Waals surface area contributed by atoms with E-state index in [1.54, 1.807) is 6.26 Å². The van der Waals surface area contributed by atoms with Crippen molar-refractivity contribution in [1.82, 2.24) is 10.2 Å². The molecule has 1 aromatic heterocycles. The van der Waals surface area contributed by atoms with Crippen molar-refractivity contribution < 1.29 is 14.3 Å². The number of nitrogens with zero attached hydrogens (tertiary/aromatic N) is 1. The van der Waals surface area contributed by atoms with Crippen LogP contribution in [0.2, 0.25) is 0 Å². The minimum Gasteiger partial charge on any atom is -0.431 e. The highest BCUT2D eigenvalue weighted by atomic mass is 16.4. The van der Waals surface area contributed by atoms with Crippen LogP contribution in [0.5, 0.6) is 0 Å². The van der Waals surface area contributed by atoms with Crippen LogP contribution < -0.4 is 10.9 Å². The van der Waals surface area contributed by atoms with Gasteiger partial charge in [0.2, 0.25) is 0 Å². The van der Waals surface area contributed by atoms with Crippen LogP contribution in [0, 0.1) is 28.6 Å². The van der Waals surface area contributed by atoms with Crippen molar-refractivity contribution in [3.05, 3.63) is 34.4 Å². The average Bonchev–Trinajstić information content (AvgIpc) is 3.47. The number of carbonyl (C=O) groups excluding carboxylic acids is 1. The fourth-order valence-corrected chi connectivity index (χ4v) is 9.64. The van der Waals surface area contributed by atoms with Crippen molar-refractivity contribution in [2.45, 2.75) is 102 Å². The van der Waals surface area contributed by atoms with E-state index in [-0.39, 0.29) is 28.4 Å². The quantitative estimate of drug-likeness (QED) is 0.618. The van der Waals surface area contributed by atoms with E-state index in [4.69, 9.17) is 4.42 Å². The van der Waals surface area contributed by atoms with Gasteiger partial charge in [0.15, 0.2) is 0 Å². The number of carbonyl (C=O) groups is 1. The molecule has 0 spiro atoms. The molecule has 6 rings (SSSR count). The van der Waals surface area contributed by atoms with Gasteiger partial charge in [-0.05, 0) is 111 Å². The lowest BCUT2D eigenvalue weighted by Gasteiger charge is -2.63. The third-order valence-corrected chi connectivity index (χ3v) is 11.7. The lowest BCUT2D eigenvalue weighted by molar-refractivity contribution is -0.201. The first-order valence-electron chi connectivity index (χ1n) is 14.1. The minimum absolute atomic E-state index is 0.140. The molecule has 6 heteroatoms. The molecule has 8 unspecified atom stereocenters. The van der Waals surface area contributed by atoms with Gasteiger partial charge >= 0.3 is 11.7 Å². The molecule has 1 saturated heterocycles. The van der Waals surface area contributed by atoms with Crippen molar-refractivity contribution in [3.8, 4) is 0 Å². The maximum absolute atomic E-state index is 12.7. The van der Waals surface area contributed by atoms with E-state index < -0.39 is 5.60 Å². The van der Waals surface area contributed by atoms with E-state index in [1.807, 2.05) is 11.0 Å². The molecule has 4 aliphatic carbocycles. The van der Waals surface area contributed by atoms with E-state index in [0.29, 0.717) is 23.8 Å². The lowest BCUT2D eigenvalue weighted by atomic mass is 9.43. The number of fused-ring (bicyclic) bond motifs is 5. The Morgan fingerprint density at radius 1 is 1.03 bits per heavy atom. The molecule has 5 aliphatic rings. The number of hydrogen-bond acceptors (Lipinski definition) is 4. The molecule has 1 aromatic rings. The molecule has 8 atom stereocenters. The topological polar surface area (TPSA) is 82.8 Å². The lowest BCUT2D eigenvalue weighted by Crippen LogP contribution is -2.62. The normalized spacial score (nSPS) is 44.9. The summed E-state index contributed by atoms with van der Waals surface area (Å²) in [5.41, 5.74) is 0.154. The largest absolute Gasteiger partial charge is 0.431 e. The van der Waals surface area contributed by atoms with Crippen LogP contribution in [0.3, 0.4) is 0 Å². The van der Waals surface area contributed by atoms with Crippen molar-refractivity contribution in [2.24, 2.45) is 28.6 Å². The second-order valence-corrected chi connectivity index (χ2v) is 13.0. The Kier molecular flexibility index (Phi) is 5.63. The molecule has 2 N–H and O–H groups in total. The van der Waals surface area contributed by atoms with Gasteiger partial charge < -0.3 is 19.7 Å². The Hall–Kier alpha value is -1.82. The van der Waals surface area contributed by atoms with Gasteiger partial charge in [-0.1, -0.05) is 13.8 Å². The molecule has 0 bridgehead atoms. The second-order valence-electron chi connectivity index (χ2n) is 13.0. The Morgan fingerprint density at radius 3 is 2.57 bits per heavy atom. The van der Waals surface area contributed by atoms with E-state index >= 15 is 0 Å². The number of nitrogens with one attached hydrogen (secondary N) is 1. The molecular weight excluding hydrogens is 440 g/mol. The summed E-state index contributed by atoms with van der Waals surface area (Å²) in [6.45, 7) is 6.59. The highest BCUT2D eigenvalue weighted by molar-refractivity contribution is 5.74. The van der Waals surface area contributed by atoms with E-state index in [0.717, 1.165) is 89.3 Å². The van der Waals surface area contributed by atoms with Gasteiger partial charge in [0, 0.05) is 30.6 Å². The monoisotopic (exact) mass is 482 g/mol. The second kappa shape index (κ2) is 8.36. The summed E-state index contributed by atoms with van der Waals surface area (Å²) in [5.74, 6) is 1.73. The van der Waals surface area contributed by atoms with Crippen LogP contribution >= 0.6 is 0 Å². The van der Waals surface area contributed by atoms with Gasteiger partial charge in [-0.25, -0.2) is 9.59 Å². The average molecular weight is 483 g/mol. The summed E-state index contributed by atoms with van der Waals surface area (Å²) in [5, 5.41) is 15.8. The van der Waals surface area contributed by atoms with E-state index in [9.17, 15) is 14.7 Å². The smallest absolute Gasteiger partial charge is 0.335 e. The standard InChI is InChI=1S/C29H42N2O4/c1-27-12-9-21(30-26(33)31-15-3-4-16-31)17-20(27)6-7-24-23(27)10-13-28(2)22(11-14-29(24,28)34)19-5-8-25(32)35-18-19/h5,8,18,20-24,34H,3-4,6-7,9-17H2,1-2H3,(H,30,33). The molecule has 2 heterocycles. The molecule has 192 valence electrons. The van der Waals surface area contributed by atoms with Gasteiger partial charge in [0.1, 0.15) is 0 Å².